The minimum absolute atomic E-state index is 0.582. The van der Waals surface area contributed by atoms with Gasteiger partial charge in [0.05, 0.1) is 26.8 Å². The number of hydrogen-bond acceptors (Lipinski definition) is 0. The van der Waals surface area contributed by atoms with Crippen LogP contribution < -0.4 is 0 Å². The van der Waals surface area contributed by atoms with Gasteiger partial charge in [-0.15, -0.1) is 0 Å². The van der Waals surface area contributed by atoms with Gasteiger partial charge < -0.3 is 4.57 Å². The monoisotopic (exact) mass is 325 g/mol. The number of fused-ring (bicyclic) bond motifs is 3. The largest absolute Gasteiger partial charge is 0.308 e. The highest BCUT2D eigenvalue weighted by atomic mass is 35.5. The molecule has 0 aliphatic rings. The van der Waals surface area contributed by atoms with E-state index in [-0.39, 0.29) is 0 Å². The average Bonchev–Trinajstić information content (AvgIpc) is 2.85. The van der Waals surface area contributed by atoms with Gasteiger partial charge in [0.2, 0.25) is 0 Å². The summed E-state index contributed by atoms with van der Waals surface area (Å²) in [5.41, 5.74) is 4.27. The molecule has 0 saturated heterocycles. The van der Waals surface area contributed by atoms with Gasteiger partial charge in [-0.05, 0) is 36.8 Å². The summed E-state index contributed by atoms with van der Waals surface area (Å²) >= 11 is 12.8. The second-order valence-electron chi connectivity index (χ2n) is 5.45. The third-order valence-corrected chi connectivity index (χ3v) is 4.77. The van der Waals surface area contributed by atoms with Crippen molar-refractivity contribution in [2.45, 2.75) is 6.92 Å². The lowest BCUT2D eigenvalue weighted by Gasteiger charge is -2.12. The number of benzene rings is 3. The smallest absolute Gasteiger partial charge is 0.0832 e. The van der Waals surface area contributed by atoms with Gasteiger partial charge in [0, 0.05) is 10.8 Å². The molecular formula is C19H13Cl2N. The molecule has 0 fully saturated rings. The Bertz CT molecular complexity index is 961. The van der Waals surface area contributed by atoms with Crippen LogP contribution in [0.5, 0.6) is 0 Å². The van der Waals surface area contributed by atoms with E-state index in [9.17, 15) is 0 Å². The third-order valence-electron chi connectivity index (χ3n) is 3.97. The molecule has 22 heavy (non-hydrogen) atoms. The number of nitrogens with zero attached hydrogens (tertiary/aromatic N) is 1. The van der Waals surface area contributed by atoms with Gasteiger partial charge in [0.25, 0.3) is 0 Å². The Balaban J connectivity index is 2.23. The Morgan fingerprint density at radius 1 is 0.773 bits per heavy atom. The van der Waals surface area contributed by atoms with E-state index in [0.717, 1.165) is 22.3 Å². The number of aromatic nitrogens is 1. The Morgan fingerprint density at radius 3 is 1.91 bits per heavy atom. The molecule has 0 atom stereocenters. The molecule has 0 unspecified atom stereocenters. The molecule has 4 aromatic rings. The third kappa shape index (κ3) is 1.93. The number of halogens is 2. The van der Waals surface area contributed by atoms with Crippen LogP contribution in [0.4, 0.5) is 0 Å². The fourth-order valence-corrected chi connectivity index (χ4v) is 3.51. The number of para-hydroxylation sites is 2. The maximum atomic E-state index is 6.50. The molecule has 1 heterocycles. The predicted molar refractivity (Wildman–Crippen MR) is 95.5 cm³/mol. The lowest BCUT2D eigenvalue weighted by atomic mass is 10.2. The molecule has 0 N–H and O–H groups in total. The van der Waals surface area contributed by atoms with E-state index in [2.05, 4.69) is 47.0 Å². The van der Waals surface area contributed by atoms with Crippen LogP contribution >= 0.6 is 23.2 Å². The lowest BCUT2D eigenvalue weighted by Crippen LogP contribution is -1.96. The van der Waals surface area contributed by atoms with Gasteiger partial charge >= 0.3 is 0 Å². The second-order valence-corrected chi connectivity index (χ2v) is 6.23. The highest BCUT2D eigenvalue weighted by Gasteiger charge is 2.15. The quantitative estimate of drug-likeness (QED) is 0.381. The van der Waals surface area contributed by atoms with Gasteiger partial charge in [-0.2, -0.15) is 0 Å². The molecule has 0 bridgehead atoms. The summed E-state index contributed by atoms with van der Waals surface area (Å²) in [6, 6.07) is 20.7. The Morgan fingerprint density at radius 2 is 1.32 bits per heavy atom. The van der Waals surface area contributed by atoms with Crippen molar-refractivity contribution in [2.24, 2.45) is 0 Å². The molecular weight excluding hydrogens is 313 g/mol. The van der Waals surface area contributed by atoms with Gasteiger partial charge in [-0.1, -0.05) is 59.6 Å². The molecule has 1 nitrogen and oxygen atoms in total. The summed E-state index contributed by atoms with van der Waals surface area (Å²) in [7, 11) is 0. The Labute approximate surface area is 138 Å². The second kappa shape index (κ2) is 5.05. The molecule has 1 aromatic heterocycles. The topological polar surface area (TPSA) is 4.93 Å². The summed E-state index contributed by atoms with van der Waals surface area (Å²) in [6.45, 7) is 2.03. The van der Waals surface area contributed by atoms with Crippen LogP contribution in [-0.4, -0.2) is 4.57 Å². The van der Waals surface area contributed by atoms with E-state index in [4.69, 9.17) is 23.2 Å². The normalized spacial score (nSPS) is 11.4. The van der Waals surface area contributed by atoms with Crippen molar-refractivity contribution < 1.29 is 0 Å². The van der Waals surface area contributed by atoms with Crippen molar-refractivity contribution in [1.82, 2.24) is 4.57 Å². The van der Waals surface area contributed by atoms with Crippen molar-refractivity contribution in [3.63, 3.8) is 0 Å². The standard InChI is InChI=1S/C19H13Cl2N/c1-12-10-15(20)19(21)18(11-12)22-16-8-4-2-6-13(16)14-7-3-5-9-17(14)22/h2-11H,1H3. The molecule has 0 radical (unpaired) electrons. The molecule has 4 rings (SSSR count). The van der Waals surface area contributed by atoms with Crippen LogP contribution in [0.1, 0.15) is 5.56 Å². The van der Waals surface area contributed by atoms with Crippen LogP contribution in [-0.2, 0) is 0 Å². The first-order valence-corrected chi connectivity index (χ1v) is 7.86. The van der Waals surface area contributed by atoms with Gasteiger partial charge in [-0.25, -0.2) is 0 Å². The van der Waals surface area contributed by atoms with Gasteiger partial charge in [0.15, 0.2) is 0 Å². The average molecular weight is 326 g/mol. The van der Waals surface area contributed by atoms with E-state index in [1.54, 1.807) is 0 Å². The minimum Gasteiger partial charge on any atom is -0.308 e. The highest BCUT2D eigenvalue weighted by molar-refractivity contribution is 6.43. The maximum absolute atomic E-state index is 6.50. The zero-order chi connectivity index (χ0) is 15.3. The van der Waals surface area contributed by atoms with Crippen LogP contribution in [0.15, 0.2) is 60.7 Å². The lowest BCUT2D eigenvalue weighted by molar-refractivity contribution is 1.17. The number of aryl methyl sites for hydroxylation is 1. The molecule has 0 spiro atoms. The number of hydrogen-bond donors (Lipinski definition) is 0. The summed E-state index contributed by atoms with van der Waals surface area (Å²) < 4.78 is 2.19. The van der Waals surface area contributed by atoms with Crippen molar-refractivity contribution >= 4 is 45.0 Å². The van der Waals surface area contributed by atoms with E-state index < -0.39 is 0 Å². The molecule has 3 aromatic carbocycles. The fraction of sp³-hybridized carbons (Fsp3) is 0.0526. The molecule has 0 amide bonds. The minimum atomic E-state index is 0.582. The molecule has 0 saturated carbocycles. The van der Waals surface area contributed by atoms with Crippen LogP contribution in [0.2, 0.25) is 10.0 Å². The van der Waals surface area contributed by atoms with Crippen molar-refractivity contribution in [3.05, 3.63) is 76.3 Å². The SMILES string of the molecule is Cc1cc(Cl)c(Cl)c(-n2c3ccccc3c3ccccc32)c1. The molecule has 0 aliphatic carbocycles. The Kier molecular flexibility index (Phi) is 3.14. The van der Waals surface area contributed by atoms with E-state index in [1.807, 2.05) is 25.1 Å². The zero-order valence-electron chi connectivity index (χ0n) is 12.0. The van der Waals surface area contributed by atoms with Crippen LogP contribution in [0.25, 0.3) is 27.5 Å². The fourth-order valence-electron chi connectivity index (χ4n) is 3.05. The zero-order valence-corrected chi connectivity index (χ0v) is 13.5. The highest BCUT2D eigenvalue weighted by Crippen LogP contribution is 2.37. The van der Waals surface area contributed by atoms with Crippen molar-refractivity contribution in [3.8, 4) is 5.69 Å². The summed E-state index contributed by atoms with van der Waals surface area (Å²) in [6.07, 6.45) is 0. The van der Waals surface area contributed by atoms with E-state index in [0.29, 0.717) is 10.0 Å². The first kappa shape index (κ1) is 13.7. The first-order valence-electron chi connectivity index (χ1n) is 7.11. The van der Waals surface area contributed by atoms with Crippen LogP contribution in [0.3, 0.4) is 0 Å². The van der Waals surface area contributed by atoms with Gasteiger partial charge in [-0.3, -0.25) is 0 Å². The summed E-state index contributed by atoms with van der Waals surface area (Å²) in [4.78, 5) is 0. The number of rotatable bonds is 1. The summed E-state index contributed by atoms with van der Waals surface area (Å²) in [5.74, 6) is 0. The van der Waals surface area contributed by atoms with E-state index in [1.165, 1.54) is 10.8 Å². The predicted octanol–water partition coefficient (Wildman–Crippen LogP) is 6.40. The van der Waals surface area contributed by atoms with Crippen molar-refractivity contribution in [1.29, 1.82) is 0 Å². The Hall–Kier alpha value is -1.96. The molecule has 108 valence electrons. The van der Waals surface area contributed by atoms with Gasteiger partial charge in [0.1, 0.15) is 0 Å². The van der Waals surface area contributed by atoms with Crippen molar-refractivity contribution in [2.75, 3.05) is 0 Å². The van der Waals surface area contributed by atoms with Crippen LogP contribution in [0, 0.1) is 6.92 Å². The first-order chi connectivity index (χ1) is 10.7. The maximum Gasteiger partial charge on any atom is 0.0832 e. The summed E-state index contributed by atoms with van der Waals surface area (Å²) in [5, 5.41) is 3.59. The molecule has 0 aliphatic heterocycles. The molecule has 3 heteroatoms. The van der Waals surface area contributed by atoms with E-state index >= 15 is 0 Å².